The van der Waals surface area contributed by atoms with Crippen molar-refractivity contribution in [2.45, 2.75) is 13.0 Å². The van der Waals surface area contributed by atoms with E-state index in [0.29, 0.717) is 17.3 Å². The number of carbonyl (C=O) groups excluding carboxylic acids is 1. The van der Waals surface area contributed by atoms with E-state index < -0.39 is 17.9 Å². The molecule has 7 heteroatoms. The maximum absolute atomic E-state index is 12.4. The van der Waals surface area contributed by atoms with E-state index >= 15 is 0 Å². The van der Waals surface area contributed by atoms with Gasteiger partial charge in [-0.1, -0.05) is 54.8 Å². The van der Waals surface area contributed by atoms with Crippen LogP contribution in [0.3, 0.4) is 0 Å². The highest BCUT2D eigenvalue weighted by atomic mass is 32.2. The van der Waals surface area contributed by atoms with E-state index in [1.54, 1.807) is 18.2 Å². The fourth-order valence-corrected chi connectivity index (χ4v) is 3.35. The van der Waals surface area contributed by atoms with E-state index in [1.165, 1.54) is 6.92 Å². The number of ether oxygens (including phenoxy) is 1. The van der Waals surface area contributed by atoms with E-state index in [4.69, 9.17) is 22.1 Å². The van der Waals surface area contributed by atoms with Crippen molar-refractivity contribution in [2.24, 2.45) is 0 Å². The molecular weight excluding hydrogens is 334 g/mol. The van der Waals surface area contributed by atoms with Gasteiger partial charge in [-0.05, 0) is 19.1 Å². The summed E-state index contributed by atoms with van der Waals surface area (Å²) in [6.45, 7) is 5.38. The van der Waals surface area contributed by atoms with E-state index in [1.807, 2.05) is 18.2 Å². The third-order valence-corrected chi connectivity index (χ3v) is 4.46. The third kappa shape index (κ3) is 3.80. The van der Waals surface area contributed by atoms with Crippen LogP contribution in [0.4, 0.5) is 0 Å². The Hall–Kier alpha value is -2.12. The minimum absolute atomic E-state index is 0.237. The Morgan fingerprint density at radius 3 is 2.87 bits per heavy atom. The van der Waals surface area contributed by atoms with Crippen LogP contribution in [-0.2, 0) is 9.59 Å². The van der Waals surface area contributed by atoms with Gasteiger partial charge in [0.15, 0.2) is 0 Å². The van der Waals surface area contributed by atoms with Gasteiger partial charge in [-0.25, -0.2) is 4.79 Å². The van der Waals surface area contributed by atoms with E-state index in [2.05, 4.69) is 6.58 Å². The maximum Gasteiger partial charge on any atom is 0.326 e. The molecule has 1 aromatic carbocycles. The molecule has 1 saturated heterocycles. The number of amides is 1. The van der Waals surface area contributed by atoms with Crippen LogP contribution in [0.15, 0.2) is 41.8 Å². The summed E-state index contributed by atoms with van der Waals surface area (Å²) >= 11 is 6.21. The van der Waals surface area contributed by atoms with Gasteiger partial charge in [0.1, 0.15) is 22.7 Å². The summed E-state index contributed by atoms with van der Waals surface area (Å²) in [5.41, 5.74) is 0.720. The van der Waals surface area contributed by atoms with Crippen LogP contribution >= 0.6 is 24.0 Å². The van der Waals surface area contributed by atoms with Gasteiger partial charge in [0.05, 0.1) is 4.91 Å². The molecule has 5 nitrogen and oxygen atoms in total. The Balaban J connectivity index is 2.31. The second-order valence-corrected chi connectivity index (χ2v) is 6.38. The quantitative estimate of drug-likeness (QED) is 0.484. The molecule has 1 amide bonds. The SMILES string of the molecule is C=CCOc1ccccc1/C=C1\SC(=S)N(C(C)C(=O)O)C1=O. The van der Waals surface area contributed by atoms with Crippen LogP contribution < -0.4 is 4.74 Å². The number of nitrogens with zero attached hydrogens (tertiary/aromatic N) is 1. The second-order valence-electron chi connectivity index (χ2n) is 4.70. The lowest BCUT2D eigenvalue weighted by Crippen LogP contribution is -2.41. The van der Waals surface area contributed by atoms with Crippen LogP contribution in [0.2, 0.25) is 0 Å². The van der Waals surface area contributed by atoms with Crippen molar-refractivity contribution in [3.63, 3.8) is 0 Å². The van der Waals surface area contributed by atoms with Gasteiger partial charge >= 0.3 is 5.97 Å². The fourth-order valence-electron chi connectivity index (χ4n) is 1.95. The van der Waals surface area contributed by atoms with Crippen LogP contribution in [0.25, 0.3) is 6.08 Å². The van der Waals surface area contributed by atoms with Gasteiger partial charge in [-0.2, -0.15) is 0 Å². The number of rotatable bonds is 6. The molecular formula is C16H15NO4S2. The zero-order valence-corrected chi connectivity index (χ0v) is 14.0. The number of hydrogen-bond acceptors (Lipinski definition) is 5. The Labute approximate surface area is 143 Å². The van der Waals surface area contributed by atoms with Gasteiger partial charge < -0.3 is 9.84 Å². The van der Waals surface area contributed by atoms with Crippen molar-refractivity contribution in [3.8, 4) is 5.75 Å². The Bertz CT molecular complexity index is 699. The highest BCUT2D eigenvalue weighted by molar-refractivity contribution is 8.26. The molecule has 0 bridgehead atoms. The lowest BCUT2D eigenvalue weighted by molar-refractivity contribution is -0.144. The van der Waals surface area contributed by atoms with Gasteiger partial charge in [0, 0.05) is 5.56 Å². The van der Waals surface area contributed by atoms with Crippen LogP contribution in [0, 0.1) is 0 Å². The summed E-state index contributed by atoms with van der Waals surface area (Å²) in [5, 5.41) is 9.08. The molecule has 0 saturated carbocycles. The van der Waals surface area contributed by atoms with Crippen LogP contribution in [0.1, 0.15) is 12.5 Å². The summed E-state index contributed by atoms with van der Waals surface area (Å²) in [7, 11) is 0. The van der Waals surface area contributed by atoms with Crippen LogP contribution in [-0.4, -0.2) is 38.9 Å². The normalized spacial score (nSPS) is 17.4. The lowest BCUT2D eigenvalue weighted by atomic mass is 10.2. The number of aliphatic carboxylic acids is 1. The Kier molecular flexibility index (Phi) is 5.57. The molecule has 23 heavy (non-hydrogen) atoms. The summed E-state index contributed by atoms with van der Waals surface area (Å²) < 4.78 is 5.78. The molecule has 0 aromatic heterocycles. The van der Waals surface area contributed by atoms with Crippen molar-refractivity contribution >= 4 is 46.3 Å². The molecule has 1 aliphatic heterocycles. The number of hydrogen-bond donors (Lipinski definition) is 1. The van der Waals surface area contributed by atoms with E-state index in [9.17, 15) is 9.59 Å². The molecule has 2 rings (SSSR count). The van der Waals surface area contributed by atoms with Crippen LogP contribution in [0.5, 0.6) is 5.75 Å². The Morgan fingerprint density at radius 2 is 2.22 bits per heavy atom. The molecule has 0 spiro atoms. The summed E-state index contributed by atoms with van der Waals surface area (Å²) in [5.74, 6) is -0.894. The lowest BCUT2D eigenvalue weighted by Gasteiger charge is -2.18. The molecule has 1 aromatic rings. The van der Waals surface area contributed by atoms with Crippen molar-refractivity contribution in [2.75, 3.05) is 6.61 Å². The highest BCUT2D eigenvalue weighted by Crippen LogP contribution is 2.35. The van der Waals surface area contributed by atoms with E-state index in [0.717, 1.165) is 22.2 Å². The molecule has 1 heterocycles. The van der Waals surface area contributed by atoms with Crippen molar-refractivity contribution in [1.82, 2.24) is 4.90 Å². The minimum atomic E-state index is -1.10. The number of thiocarbonyl (C=S) groups is 1. The number of para-hydroxylation sites is 1. The molecule has 0 aliphatic carbocycles. The Morgan fingerprint density at radius 1 is 1.52 bits per heavy atom. The highest BCUT2D eigenvalue weighted by Gasteiger charge is 2.38. The maximum atomic E-state index is 12.4. The molecule has 1 fully saturated rings. The number of carboxylic acid groups (broad SMARTS) is 1. The first-order valence-corrected chi connectivity index (χ1v) is 8.00. The summed E-state index contributed by atoms with van der Waals surface area (Å²) in [6.07, 6.45) is 3.29. The monoisotopic (exact) mass is 349 g/mol. The second kappa shape index (κ2) is 7.43. The van der Waals surface area contributed by atoms with Crippen molar-refractivity contribution < 1.29 is 19.4 Å². The predicted octanol–water partition coefficient (Wildman–Crippen LogP) is 2.93. The number of thioether (sulfide) groups is 1. The zero-order valence-electron chi connectivity index (χ0n) is 12.4. The first-order valence-electron chi connectivity index (χ1n) is 6.78. The molecule has 1 aliphatic rings. The molecule has 120 valence electrons. The zero-order chi connectivity index (χ0) is 17.0. The summed E-state index contributed by atoms with van der Waals surface area (Å²) in [6, 6.07) is 6.25. The average molecular weight is 349 g/mol. The predicted molar refractivity (Wildman–Crippen MR) is 94.2 cm³/mol. The minimum Gasteiger partial charge on any atom is -0.489 e. The smallest absolute Gasteiger partial charge is 0.326 e. The third-order valence-electron chi connectivity index (χ3n) is 3.13. The van der Waals surface area contributed by atoms with Crippen molar-refractivity contribution in [3.05, 3.63) is 47.4 Å². The molecule has 0 radical (unpaired) electrons. The average Bonchev–Trinajstić information content (AvgIpc) is 2.79. The van der Waals surface area contributed by atoms with E-state index in [-0.39, 0.29) is 4.32 Å². The molecule has 1 N–H and O–H groups in total. The first-order chi connectivity index (χ1) is 11.0. The summed E-state index contributed by atoms with van der Waals surface area (Å²) in [4.78, 5) is 25.0. The molecule has 1 atom stereocenters. The number of carboxylic acids is 1. The van der Waals surface area contributed by atoms with Crippen molar-refractivity contribution in [1.29, 1.82) is 0 Å². The largest absolute Gasteiger partial charge is 0.489 e. The topological polar surface area (TPSA) is 66.8 Å². The number of benzene rings is 1. The fraction of sp³-hybridized carbons (Fsp3) is 0.188. The number of carbonyl (C=O) groups is 2. The van der Waals surface area contributed by atoms with Gasteiger partial charge in [-0.3, -0.25) is 9.69 Å². The first kappa shape index (κ1) is 17.2. The standard InChI is InChI=1S/C16H15NO4S2/c1-3-8-21-12-7-5-4-6-11(12)9-13-14(18)17(16(22)23-13)10(2)15(19)20/h3-7,9-10H,1,8H2,2H3,(H,19,20)/b13-9-. The van der Waals surface area contributed by atoms with Gasteiger partial charge in [-0.15, -0.1) is 0 Å². The van der Waals surface area contributed by atoms with Gasteiger partial charge in [0.2, 0.25) is 0 Å². The molecule has 1 unspecified atom stereocenters. The van der Waals surface area contributed by atoms with Gasteiger partial charge in [0.25, 0.3) is 5.91 Å².